The molecule has 0 aliphatic heterocycles. The molecule has 1 rings (SSSR count). The Balaban J connectivity index is 2.73. The van der Waals surface area contributed by atoms with Crippen LogP contribution in [0.3, 0.4) is 0 Å². The Labute approximate surface area is 125 Å². The van der Waals surface area contributed by atoms with Crippen molar-refractivity contribution in [2.24, 2.45) is 11.7 Å². The van der Waals surface area contributed by atoms with Crippen molar-refractivity contribution in [2.75, 3.05) is 11.9 Å². The smallest absolute Gasteiger partial charge is 0.224 e. The first-order chi connectivity index (χ1) is 8.49. The summed E-state index contributed by atoms with van der Waals surface area (Å²) in [5, 5.41) is 3.47. The van der Waals surface area contributed by atoms with E-state index in [4.69, 9.17) is 28.9 Å². The highest BCUT2D eigenvalue weighted by Crippen LogP contribution is 2.35. The highest BCUT2D eigenvalue weighted by Gasteiger charge is 2.14. The number of rotatable bonds is 5. The second-order valence-electron chi connectivity index (χ2n) is 3.99. The number of hydrogen-bond donors (Lipinski definition) is 2. The molecule has 0 saturated heterocycles. The van der Waals surface area contributed by atoms with Crippen molar-refractivity contribution in [1.82, 2.24) is 0 Å². The number of carbonyl (C=O) groups is 1. The molecule has 100 valence electrons. The highest BCUT2D eigenvalue weighted by atomic mass is 79.9. The van der Waals surface area contributed by atoms with Crippen molar-refractivity contribution in [3.05, 3.63) is 26.7 Å². The summed E-state index contributed by atoms with van der Waals surface area (Å²) >= 11 is 15.3. The molecule has 6 heteroatoms. The van der Waals surface area contributed by atoms with Crippen LogP contribution in [0.4, 0.5) is 5.69 Å². The summed E-state index contributed by atoms with van der Waals surface area (Å²) in [5.74, 6) is 0.0854. The number of nitrogens with one attached hydrogen (secondary N) is 1. The van der Waals surface area contributed by atoms with E-state index in [2.05, 4.69) is 21.2 Å². The molecule has 0 spiro atoms. The van der Waals surface area contributed by atoms with E-state index in [0.717, 1.165) is 6.42 Å². The van der Waals surface area contributed by atoms with Gasteiger partial charge >= 0.3 is 0 Å². The van der Waals surface area contributed by atoms with Gasteiger partial charge in [-0.25, -0.2) is 0 Å². The minimum Gasteiger partial charge on any atom is -0.330 e. The molecular formula is C12H15BrCl2N2O. The van der Waals surface area contributed by atoms with Gasteiger partial charge in [-0.15, -0.1) is 0 Å². The third-order valence-electron chi connectivity index (χ3n) is 2.69. The molecule has 0 aliphatic carbocycles. The maximum atomic E-state index is 11.8. The van der Waals surface area contributed by atoms with Crippen molar-refractivity contribution in [1.29, 1.82) is 0 Å². The van der Waals surface area contributed by atoms with Crippen LogP contribution in [0.1, 0.15) is 19.8 Å². The van der Waals surface area contributed by atoms with E-state index in [1.165, 1.54) is 0 Å². The van der Waals surface area contributed by atoms with Crippen LogP contribution >= 0.6 is 39.1 Å². The zero-order valence-electron chi connectivity index (χ0n) is 9.97. The first kappa shape index (κ1) is 15.8. The summed E-state index contributed by atoms with van der Waals surface area (Å²) in [6.07, 6.45) is 1.26. The quantitative estimate of drug-likeness (QED) is 0.784. The monoisotopic (exact) mass is 352 g/mol. The van der Waals surface area contributed by atoms with E-state index in [1.54, 1.807) is 12.1 Å². The van der Waals surface area contributed by atoms with Gasteiger partial charge < -0.3 is 11.1 Å². The second kappa shape index (κ2) is 7.34. The average molecular weight is 354 g/mol. The van der Waals surface area contributed by atoms with Gasteiger partial charge in [0.05, 0.1) is 15.7 Å². The number of amides is 1. The number of benzene rings is 1. The molecule has 0 heterocycles. The van der Waals surface area contributed by atoms with Gasteiger partial charge in [0.1, 0.15) is 0 Å². The van der Waals surface area contributed by atoms with E-state index in [1.807, 2.05) is 6.92 Å². The summed E-state index contributed by atoms with van der Waals surface area (Å²) in [6.45, 7) is 2.51. The summed E-state index contributed by atoms with van der Waals surface area (Å²) in [4.78, 5) is 11.8. The zero-order valence-corrected chi connectivity index (χ0v) is 13.1. The minimum atomic E-state index is -0.104. The Morgan fingerprint density at radius 1 is 1.44 bits per heavy atom. The van der Waals surface area contributed by atoms with E-state index in [-0.39, 0.29) is 11.8 Å². The van der Waals surface area contributed by atoms with Gasteiger partial charge in [-0.2, -0.15) is 0 Å². The topological polar surface area (TPSA) is 55.1 Å². The standard InChI is InChI=1S/C12H15BrCl2N2O/c1-2-7(6-16)5-10(18)17-9-4-3-8(13)11(14)12(9)15/h3-4,7H,2,5-6,16H2,1H3,(H,17,18). The van der Waals surface area contributed by atoms with Crippen LogP contribution in [0.2, 0.25) is 10.0 Å². The molecule has 1 atom stereocenters. The maximum Gasteiger partial charge on any atom is 0.224 e. The van der Waals surface area contributed by atoms with Crippen LogP contribution in [0.15, 0.2) is 16.6 Å². The van der Waals surface area contributed by atoms with Crippen molar-refractivity contribution in [3.8, 4) is 0 Å². The summed E-state index contributed by atoms with van der Waals surface area (Å²) in [5.41, 5.74) is 6.08. The summed E-state index contributed by atoms with van der Waals surface area (Å²) in [7, 11) is 0. The number of nitrogens with two attached hydrogens (primary N) is 1. The fourth-order valence-electron chi connectivity index (χ4n) is 1.48. The fraction of sp³-hybridized carbons (Fsp3) is 0.417. The molecule has 1 aromatic rings. The van der Waals surface area contributed by atoms with Crippen LogP contribution in [-0.2, 0) is 4.79 Å². The van der Waals surface area contributed by atoms with Gasteiger partial charge in [-0.3, -0.25) is 4.79 Å². The van der Waals surface area contributed by atoms with E-state index in [0.29, 0.717) is 33.2 Å². The highest BCUT2D eigenvalue weighted by molar-refractivity contribution is 9.10. The average Bonchev–Trinajstić information content (AvgIpc) is 2.36. The van der Waals surface area contributed by atoms with Crippen molar-refractivity contribution < 1.29 is 4.79 Å². The molecule has 3 N–H and O–H groups in total. The number of carbonyl (C=O) groups excluding carboxylic acids is 1. The van der Waals surface area contributed by atoms with Crippen LogP contribution in [0.25, 0.3) is 0 Å². The van der Waals surface area contributed by atoms with Crippen molar-refractivity contribution in [3.63, 3.8) is 0 Å². The predicted octanol–water partition coefficient (Wildman–Crippen LogP) is 4.07. The van der Waals surface area contributed by atoms with Gasteiger partial charge in [0, 0.05) is 10.9 Å². The van der Waals surface area contributed by atoms with Crippen LogP contribution in [0.5, 0.6) is 0 Å². The lowest BCUT2D eigenvalue weighted by Gasteiger charge is -2.13. The summed E-state index contributed by atoms with van der Waals surface area (Å²) in [6, 6.07) is 3.45. The molecular weight excluding hydrogens is 339 g/mol. The first-order valence-electron chi connectivity index (χ1n) is 5.63. The molecule has 0 bridgehead atoms. The lowest BCUT2D eigenvalue weighted by atomic mass is 10.0. The second-order valence-corrected chi connectivity index (χ2v) is 5.60. The number of hydrogen-bond acceptors (Lipinski definition) is 2. The molecule has 3 nitrogen and oxygen atoms in total. The Hall–Kier alpha value is -0.290. The Morgan fingerprint density at radius 2 is 2.11 bits per heavy atom. The van der Waals surface area contributed by atoms with Crippen LogP contribution < -0.4 is 11.1 Å². The minimum absolute atomic E-state index is 0.104. The summed E-state index contributed by atoms with van der Waals surface area (Å²) < 4.78 is 0.695. The first-order valence-corrected chi connectivity index (χ1v) is 7.17. The SMILES string of the molecule is CCC(CN)CC(=O)Nc1ccc(Br)c(Cl)c1Cl. The van der Waals surface area contributed by atoms with Crippen LogP contribution in [0, 0.1) is 5.92 Å². The molecule has 1 aromatic carbocycles. The molecule has 1 unspecified atom stereocenters. The van der Waals surface area contributed by atoms with Gasteiger partial charge in [-0.1, -0.05) is 36.5 Å². The zero-order chi connectivity index (χ0) is 13.7. The molecule has 0 radical (unpaired) electrons. The third kappa shape index (κ3) is 4.12. The molecule has 0 aromatic heterocycles. The molecule has 18 heavy (non-hydrogen) atoms. The number of anilines is 1. The lowest BCUT2D eigenvalue weighted by Crippen LogP contribution is -2.21. The van der Waals surface area contributed by atoms with Crippen molar-refractivity contribution in [2.45, 2.75) is 19.8 Å². The van der Waals surface area contributed by atoms with Crippen molar-refractivity contribution >= 4 is 50.7 Å². The Bertz CT molecular complexity index is 436. The van der Waals surface area contributed by atoms with Gasteiger partial charge in [-0.05, 0) is 40.5 Å². The predicted molar refractivity (Wildman–Crippen MR) is 80.2 cm³/mol. The normalized spacial score (nSPS) is 12.3. The van der Waals surface area contributed by atoms with E-state index in [9.17, 15) is 4.79 Å². The van der Waals surface area contributed by atoms with Crippen LogP contribution in [-0.4, -0.2) is 12.5 Å². The molecule has 0 saturated carbocycles. The Morgan fingerprint density at radius 3 is 2.67 bits per heavy atom. The lowest BCUT2D eigenvalue weighted by molar-refractivity contribution is -0.117. The van der Waals surface area contributed by atoms with E-state index >= 15 is 0 Å². The van der Waals surface area contributed by atoms with E-state index < -0.39 is 0 Å². The van der Waals surface area contributed by atoms with Gasteiger partial charge in [0.2, 0.25) is 5.91 Å². The maximum absolute atomic E-state index is 11.8. The molecule has 1 amide bonds. The molecule has 0 fully saturated rings. The van der Waals surface area contributed by atoms with Gasteiger partial charge in [0.25, 0.3) is 0 Å². The Kier molecular flexibility index (Phi) is 6.43. The fourth-order valence-corrected chi connectivity index (χ4v) is 2.30. The largest absolute Gasteiger partial charge is 0.330 e. The molecule has 0 aliphatic rings. The van der Waals surface area contributed by atoms with Gasteiger partial charge in [0.15, 0.2) is 0 Å². The third-order valence-corrected chi connectivity index (χ3v) is 4.47. The number of halogens is 3.